The van der Waals surface area contributed by atoms with Gasteiger partial charge in [0.05, 0.1) is 4.47 Å². The summed E-state index contributed by atoms with van der Waals surface area (Å²) in [6, 6.07) is 3.66. The molecule has 132 valence electrons. The fourth-order valence-electron chi connectivity index (χ4n) is 3.84. The zero-order chi connectivity index (χ0) is 15.8. The summed E-state index contributed by atoms with van der Waals surface area (Å²) < 4.78 is 12.0. The predicted octanol–water partition coefficient (Wildman–Crippen LogP) is 2.71. The number of halogens is 2. The van der Waals surface area contributed by atoms with E-state index in [0.717, 1.165) is 55.3 Å². The summed E-state index contributed by atoms with van der Waals surface area (Å²) in [5, 5.41) is 3.47. The summed E-state index contributed by atoms with van der Waals surface area (Å²) in [6.45, 7) is 4.95. The van der Waals surface area contributed by atoms with E-state index >= 15 is 0 Å². The molecule has 0 saturated carbocycles. The van der Waals surface area contributed by atoms with Crippen molar-refractivity contribution < 1.29 is 14.3 Å². The maximum absolute atomic E-state index is 12.9. The molecule has 3 aliphatic heterocycles. The summed E-state index contributed by atoms with van der Waals surface area (Å²) in [5.41, 5.74) is 0.673. The molecule has 2 fully saturated rings. The standard InChI is InChI=1S/C17H21BrN2O3.ClH/c18-14-7-13(8-15-16(14)23-6-5-22-15)17(21)20-3-1-11-9-19-10-12(11)2-4-20;/h7-8,11-12,19H,1-6,9-10H2;1H/t11-,12+;. The smallest absolute Gasteiger partial charge is 0.254 e. The van der Waals surface area contributed by atoms with E-state index in [4.69, 9.17) is 9.47 Å². The van der Waals surface area contributed by atoms with Gasteiger partial charge in [0.1, 0.15) is 13.2 Å². The molecule has 2 atom stereocenters. The number of nitrogens with one attached hydrogen (secondary N) is 1. The van der Waals surface area contributed by atoms with Crippen LogP contribution < -0.4 is 14.8 Å². The van der Waals surface area contributed by atoms with Crippen molar-refractivity contribution in [3.8, 4) is 11.5 Å². The lowest BCUT2D eigenvalue weighted by atomic mass is 9.92. The largest absolute Gasteiger partial charge is 0.486 e. The third kappa shape index (κ3) is 3.37. The molecular formula is C17H22BrClN2O3. The molecule has 0 aromatic heterocycles. The Morgan fingerprint density at radius 1 is 1.12 bits per heavy atom. The molecule has 0 unspecified atom stereocenters. The number of hydrogen-bond acceptors (Lipinski definition) is 4. The first-order valence-electron chi connectivity index (χ1n) is 8.31. The summed E-state index contributed by atoms with van der Waals surface area (Å²) in [7, 11) is 0. The zero-order valence-corrected chi connectivity index (χ0v) is 15.8. The number of amides is 1. The lowest BCUT2D eigenvalue weighted by Crippen LogP contribution is -2.33. The Morgan fingerprint density at radius 2 is 1.79 bits per heavy atom. The highest BCUT2D eigenvalue weighted by molar-refractivity contribution is 9.10. The van der Waals surface area contributed by atoms with Crippen LogP contribution in [0.1, 0.15) is 23.2 Å². The molecule has 0 spiro atoms. The summed E-state index contributed by atoms with van der Waals surface area (Å²) in [6.07, 6.45) is 2.18. The molecule has 1 aromatic rings. The van der Waals surface area contributed by atoms with Crippen molar-refractivity contribution in [1.82, 2.24) is 10.2 Å². The third-order valence-corrected chi connectivity index (χ3v) is 5.74. The molecule has 5 nitrogen and oxygen atoms in total. The Hall–Kier alpha value is -0.980. The number of carbonyl (C=O) groups excluding carboxylic acids is 1. The molecule has 1 amide bonds. The molecule has 0 radical (unpaired) electrons. The monoisotopic (exact) mass is 416 g/mol. The van der Waals surface area contributed by atoms with Crippen LogP contribution in [0.15, 0.2) is 16.6 Å². The van der Waals surface area contributed by atoms with Crippen molar-refractivity contribution in [3.63, 3.8) is 0 Å². The van der Waals surface area contributed by atoms with Crippen molar-refractivity contribution in [1.29, 1.82) is 0 Å². The van der Waals surface area contributed by atoms with Crippen LogP contribution in [-0.4, -0.2) is 50.2 Å². The molecular weight excluding hydrogens is 396 g/mol. The fourth-order valence-corrected chi connectivity index (χ4v) is 4.39. The second-order valence-electron chi connectivity index (χ2n) is 6.53. The number of carbonyl (C=O) groups is 1. The number of rotatable bonds is 1. The van der Waals surface area contributed by atoms with Gasteiger partial charge in [0, 0.05) is 18.7 Å². The molecule has 4 rings (SSSR count). The Morgan fingerprint density at radius 3 is 2.50 bits per heavy atom. The third-order valence-electron chi connectivity index (χ3n) is 5.15. The van der Waals surface area contributed by atoms with Crippen molar-refractivity contribution in [2.24, 2.45) is 11.8 Å². The van der Waals surface area contributed by atoms with Gasteiger partial charge in [-0.2, -0.15) is 0 Å². The minimum atomic E-state index is 0. The summed E-state index contributed by atoms with van der Waals surface area (Å²) in [5.74, 6) is 2.89. The lowest BCUT2D eigenvalue weighted by molar-refractivity contribution is 0.0757. The number of fused-ring (bicyclic) bond motifs is 2. The van der Waals surface area contributed by atoms with E-state index in [2.05, 4.69) is 21.2 Å². The number of nitrogens with zero attached hydrogens (tertiary/aromatic N) is 1. The van der Waals surface area contributed by atoms with Gasteiger partial charge >= 0.3 is 0 Å². The Labute approximate surface area is 156 Å². The van der Waals surface area contributed by atoms with E-state index in [1.807, 2.05) is 17.0 Å². The quantitative estimate of drug-likeness (QED) is 0.763. The second-order valence-corrected chi connectivity index (χ2v) is 7.38. The van der Waals surface area contributed by atoms with Gasteiger partial charge < -0.3 is 19.7 Å². The first-order valence-corrected chi connectivity index (χ1v) is 9.11. The van der Waals surface area contributed by atoms with Crippen LogP contribution >= 0.6 is 28.3 Å². The van der Waals surface area contributed by atoms with Crippen molar-refractivity contribution in [3.05, 3.63) is 22.2 Å². The molecule has 3 aliphatic rings. The average molecular weight is 418 g/mol. The highest BCUT2D eigenvalue weighted by Gasteiger charge is 2.32. The van der Waals surface area contributed by atoms with Gasteiger partial charge in [-0.05, 0) is 65.8 Å². The maximum atomic E-state index is 12.9. The first kappa shape index (κ1) is 17.8. The zero-order valence-electron chi connectivity index (χ0n) is 13.4. The number of benzene rings is 1. The highest BCUT2D eigenvalue weighted by atomic mass is 79.9. The van der Waals surface area contributed by atoms with Gasteiger partial charge in [-0.1, -0.05) is 0 Å². The Kier molecular flexibility index (Phi) is 5.57. The van der Waals surface area contributed by atoms with Crippen molar-refractivity contribution >= 4 is 34.2 Å². The van der Waals surface area contributed by atoms with Crippen LogP contribution in [0, 0.1) is 11.8 Å². The van der Waals surface area contributed by atoms with E-state index in [1.54, 1.807) is 0 Å². The molecule has 7 heteroatoms. The molecule has 3 heterocycles. The fraction of sp³-hybridized carbons (Fsp3) is 0.588. The average Bonchev–Trinajstić information content (AvgIpc) is 2.93. The van der Waals surface area contributed by atoms with E-state index in [1.165, 1.54) is 0 Å². The van der Waals surface area contributed by atoms with Crippen molar-refractivity contribution in [2.45, 2.75) is 12.8 Å². The van der Waals surface area contributed by atoms with Gasteiger partial charge in [0.25, 0.3) is 5.91 Å². The topological polar surface area (TPSA) is 50.8 Å². The summed E-state index contributed by atoms with van der Waals surface area (Å²) >= 11 is 3.50. The number of ether oxygens (including phenoxy) is 2. The van der Waals surface area contributed by atoms with Crippen molar-refractivity contribution in [2.75, 3.05) is 39.4 Å². The van der Waals surface area contributed by atoms with Crippen LogP contribution in [0.2, 0.25) is 0 Å². The van der Waals surface area contributed by atoms with Crippen LogP contribution in [0.5, 0.6) is 11.5 Å². The van der Waals surface area contributed by atoms with Gasteiger partial charge in [-0.3, -0.25) is 4.79 Å². The maximum Gasteiger partial charge on any atom is 0.254 e. The van der Waals surface area contributed by atoms with Crippen LogP contribution in [0.4, 0.5) is 0 Å². The van der Waals surface area contributed by atoms with Crippen LogP contribution in [0.3, 0.4) is 0 Å². The van der Waals surface area contributed by atoms with E-state index < -0.39 is 0 Å². The normalized spacial score (nSPS) is 25.5. The number of likely N-dealkylation sites (tertiary alicyclic amines) is 1. The molecule has 1 N–H and O–H groups in total. The summed E-state index contributed by atoms with van der Waals surface area (Å²) in [4.78, 5) is 14.9. The Bertz CT molecular complexity index is 614. The van der Waals surface area contributed by atoms with Crippen LogP contribution in [-0.2, 0) is 0 Å². The molecule has 0 bridgehead atoms. The van der Waals surface area contributed by atoms with Gasteiger partial charge in [0.15, 0.2) is 11.5 Å². The SMILES string of the molecule is Cl.O=C(c1cc(Br)c2c(c1)OCCO2)N1CC[C@@H]2CNC[C@@H]2CC1. The number of hydrogen-bond donors (Lipinski definition) is 1. The molecule has 0 aliphatic carbocycles. The molecule has 2 saturated heterocycles. The van der Waals surface area contributed by atoms with Crippen LogP contribution in [0.25, 0.3) is 0 Å². The minimum absolute atomic E-state index is 0. The first-order chi connectivity index (χ1) is 11.2. The van der Waals surface area contributed by atoms with Gasteiger partial charge in [-0.15, -0.1) is 12.4 Å². The highest BCUT2D eigenvalue weighted by Crippen LogP contribution is 2.39. The molecule has 24 heavy (non-hydrogen) atoms. The van der Waals surface area contributed by atoms with E-state index in [-0.39, 0.29) is 18.3 Å². The Balaban J connectivity index is 0.00000169. The minimum Gasteiger partial charge on any atom is -0.486 e. The lowest BCUT2D eigenvalue weighted by Gasteiger charge is -2.24. The second kappa shape index (κ2) is 7.50. The van der Waals surface area contributed by atoms with Gasteiger partial charge in [-0.25, -0.2) is 0 Å². The van der Waals surface area contributed by atoms with Gasteiger partial charge in [0.2, 0.25) is 0 Å². The molecule has 1 aromatic carbocycles. The van der Waals surface area contributed by atoms with E-state index in [0.29, 0.717) is 30.3 Å². The predicted molar refractivity (Wildman–Crippen MR) is 97.4 cm³/mol. The van der Waals surface area contributed by atoms with E-state index in [9.17, 15) is 4.79 Å².